The molecule has 5 heteroatoms. The van der Waals surface area contributed by atoms with E-state index in [1.807, 2.05) is 24.3 Å². The molecular formula is C20H22FNO3. The Balaban J connectivity index is 1.66. The van der Waals surface area contributed by atoms with E-state index in [2.05, 4.69) is 0 Å². The van der Waals surface area contributed by atoms with Crippen LogP contribution >= 0.6 is 0 Å². The summed E-state index contributed by atoms with van der Waals surface area (Å²) in [6.45, 7) is 0.294. The minimum Gasteiger partial charge on any atom is -0.497 e. The van der Waals surface area contributed by atoms with Crippen molar-refractivity contribution in [3.05, 3.63) is 65.5 Å². The van der Waals surface area contributed by atoms with Crippen molar-refractivity contribution in [2.75, 3.05) is 13.7 Å². The van der Waals surface area contributed by atoms with Crippen molar-refractivity contribution in [2.45, 2.75) is 31.4 Å². The number of rotatable bonds is 5. The number of methoxy groups -OCH3 is 1. The van der Waals surface area contributed by atoms with Crippen LogP contribution in [0.3, 0.4) is 0 Å². The van der Waals surface area contributed by atoms with Crippen LogP contribution in [-0.2, 0) is 11.2 Å². The SMILES string of the molecule is COc1ccc(CCC(=O)N2C[C@H](O)C[C@@H]2c2cccc(F)c2)cc1. The summed E-state index contributed by atoms with van der Waals surface area (Å²) < 4.78 is 18.6. The number of amides is 1. The van der Waals surface area contributed by atoms with E-state index in [-0.39, 0.29) is 17.8 Å². The highest BCUT2D eigenvalue weighted by Gasteiger charge is 2.35. The number of aliphatic hydroxyl groups is 1. The molecule has 0 unspecified atom stereocenters. The van der Waals surface area contributed by atoms with Crippen LogP contribution < -0.4 is 4.74 Å². The van der Waals surface area contributed by atoms with Crippen LogP contribution in [0.2, 0.25) is 0 Å². The Kier molecular flexibility index (Phi) is 5.34. The molecule has 1 aliphatic heterocycles. The lowest BCUT2D eigenvalue weighted by Crippen LogP contribution is -2.32. The first-order chi connectivity index (χ1) is 12.1. The quantitative estimate of drug-likeness (QED) is 0.908. The fraction of sp³-hybridized carbons (Fsp3) is 0.350. The van der Waals surface area contributed by atoms with Gasteiger partial charge in [-0.1, -0.05) is 24.3 Å². The van der Waals surface area contributed by atoms with E-state index in [1.54, 1.807) is 24.1 Å². The lowest BCUT2D eigenvalue weighted by Gasteiger charge is -2.25. The molecule has 1 heterocycles. The van der Waals surface area contributed by atoms with E-state index in [9.17, 15) is 14.3 Å². The largest absolute Gasteiger partial charge is 0.497 e. The first-order valence-corrected chi connectivity index (χ1v) is 8.42. The average molecular weight is 343 g/mol. The third kappa shape index (κ3) is 4.17. The van der Waals surface area contributed by atoms with Crippen LogP contribution in [-0.4, -0.2) is 35.7 Å². The van der Waals surface area contributed by atoms with Gasteiger partial charge in [0.05, 0.1) is 19.3 Å². The van der Waals surface area contributed by atoms with Gasteiger partial charge in [0.25, 0.3) is 0 Å². The van der Waals surface area contributed by atoms with E-state index in [0.29, 0.717) is 25.8 Å². The second-order valence-corrected chi connectivity index (χ2v) is 6.35. The Morgan fingerprint density at radius 1 is 1.28 bits per heavy atom. The van der Waals surface area contributed by atoms with Crippen molar-refractivity contribution in [1.82, 2.24) is 4.90 Å². The van der Waals surface area contributed by atoms with Crippen molar-refractivity contribution in [3.8, 4) is 5.75 Å². The predicted octanol–water partition coefficient (Wildman–Crippen LogP) is 3.10. The molecule has 0 saturated carbocycles. The normalized spacial score (nSPS) is 19.9. The molecule has 4 nitrogen and oxygen atoms in total. The zero-order valence-electron chi connectivity index (χ0n) is 14.2. The summed E-state index contributed by atoms with van der Waals surface area (Å²) in [6.07, 6.45) is 0.839. The number of β-amino-alcohol motifs (C(OH)–C–C–N with tert-alkyl or cyclic N) is 1. The van der Waals surface area contributed by atoms with Gasteiger partial charge in [0.15, 0.2) is 0 Å². The van der Waals surface area contributed by atoms with E-state index in [4.69, 9.17) is 4.74 Å². The summed E-state index contributed by atoms with van der Waals surface area (Å²) in [6, 6.07) is 13.6. The van der Waals surface area contributed by atoms with Crippen LogP contribution in [0, 0.1) is 5.82 Å². The van der Waals surface area contributed by atoms with E-state index in [0.717, 1.165) is 16.9 Å². The van der Waals surface area contributed by atoms with Crippen molar-refractivity contribution in [1.29, 1.82) is 0 Å². The average Bonchev–Trinajstić information content (AvgIpc) is 3.02. The Morgan fingerprint density at radius 3 is 2.72 bits per heavy atom. The second-order valence-electron chi connectivity index (χ2n) is 6.35. The summed E-state index contributed by atoms with van der Waals surface area (Å²) in [5.41, 5.74) is 1.78. The van der Waals surface area contributed by atoms with Crippen LogP contribution in [0.4, 0.5) is 4.39 Å². The molecule has 0 bridgehead atoms. The highest BCUT2D eigenvalue weighted by Crippen LogP contribution is 2.33. The van der Waals surface area contributed by atoms with Crippen LogP contribution in [0.25, 0.3) is 0 Å². The maximum absolute atomic E-state index is 13.5. The monoisotopic (exact) mass is 343 g/mol. The third-order valence-electron chi connectivity index (χ3n) is 4.62. The van der Waals surface area contributed by atoms with Crippen molar-refractivity contribution >= 4 is 5.91 Å². The maximum Gasteiger partial charge on any atom is 0.223 e. The zero-order valence-corrected chi connectivity index (χ0v) is 14.2. The topological polar surface area (TPSA) is 49.8 Å². The fourth-order valence-electron chi connectivity index (χ4n) is 3.31. The number of hydrogen-bond donors (Lipinski definition) is 1. The van der Waals surface area contributed by atoms with Crippen molar-refractivity contribution in [2.24, 2.45) is 0 Å². The van der Waals surface area contributed by atoms with Gasteiger partial charge in [0, 0.05) is 13.0 Å². The molecule has 2 atom stereocenters. The maximum atomic E-state index is 13.5. The first kappa shape index (κ1) is 17.4. The highest BCUT2D eigenvalue weighted by molar-refractivity contribution is 5.77. The van der Waals surface area contributed by atoms with Crippen LogP contribution in [0.5, 0.6) is 5.75 Å². The Bertz CT molecular complexity index is 732. The minimum atomic E-state index is -0.571. The summed E-state index contributed by atoms with van der Waals surface area (Å²) in [4.78, 5) is 14.3. The molecule has 2 aromatic carbocycles. The number of ether oxygens (including phenoxy) is 1. The molecule has 2 aromatic rings. The number of halogens is 1. The number of carbonyl (C=O) groups is 1. The number of benzene rings is 2. The minimum absolute atomic E-state index is 0.0263. The van der Waals surface area contributed by atoms with Gasteiger partial charge in [-0.15, -0.1) is 0 Å². The zero-order chi connectivity index (χ0) is 17.8. The molecule has 1 saturated heterocycles. The van der Waals surface area contributed by atoms with Gasteiger partial charge in [-0.3, -0.25) is 4.79 Å². The van der Waals surface area contributed by atoms with E-state index >= 15 is 0 Å². The number of aryl methyl sites for hydroxylation is 1. The van der Waals surface area contributed by atoms with Gasteiger partial charge in [-0.05, 0) is 48.2 Å². The van der Waals surface area contributed by atoms with Crippen LogP contribution in [0.15, 0.2) is 48.5 Å². The molecule has 132 valence electrons. The van der Waals surface area contributed by atoms with Gasteiger partial charge in [-0.25, -0.2) is 4.39 Å². The number of likely N-dealkylation sites (tertiary alicyclic amines) is 1. The highest BCUT2D eigenvalue weighted by atomic mass is 19.1. The standard InChI is InChI=1S/C20H22FNO3/c1-25-18-8-5-14(6-9-18)7-10-20(24)22-13-17(23)12-19(22)15-3-2-4-16(21)11-15/h2-6,8-9,11,17,19,23H,7,10,12-13H2,1H3/t17-,19-/m1/s1. The summed E-state index contributed by atoms with van der Waals surface area (Å²) in [5.74, 6) is 0.426. The molecule has 1 fully saturated rings. The van der Waals surface area contributed by atoms with Crippen molar-refractivity contribution < 1.29 is 19.0 Å². The van der Waals surface area contributed by atoms with E-state index in [1.165, 1.54) is 12.1 Å². The number of hydrogen-bond acceptors (Lipinski definition) is 3. The molecule has 0 radical (unpaired) electrons. The number of aliphatic hydroxyl groups excluding tert-OH is 1. The van der Waals surface area contributed by atoms with Gasteiger partial charge in [-0.2, -0.15) is 0 Å². The lowest BCUT2D eigenvalue weighted by molar-refractivity contribution is -0.132. The summed E-state index contributed by atoms with van der Waals surface area (Å²) >= 11 is 0. The molecular weight excluding hydrogens is 321 g/mol. The number of nitrogens with zero attached hydrogens (tertiary/aromatic N) is 1. The number of carbonyl (C=O) groups excluding carboxylic acids is 1. The third-order valence-corrected chi connectivity index (χ3v) is 4.62. The Labute approximate surface area is 146 Å². The molecule has 0 aromatic heterocycles. The first-order valence-electron chi connectivity index (χ1n) is 8.42. The summed E-state index contributed by atoms with van der Waals surface area (Å²) in [7, 11) is 1.61. The van der Waals surface area contributed by atoms with Gasteiger partial charge < -0.3 is 14.7 Å². The Hall–Kier alpha value is -2.40. The van der Waals surface area contributed by atoms with E-state index < -0.39 is 6.10 Å². The molecule has 0 spiro atoms. The smallest absolute Gasteiger partial charge is 0.223 e. The molecule has 1 N–H and O–H groups in total. The van der Waals surface area contributed by atoms with Crippen molar-refractivity contribution in [3.63, 3.8) is 0 Å². The fourth-order valence-corrected chi connectivity index (χ4v) is 3.31. The van der Waals surface area contributed by atoms with Gasteiger partial charge >= 0.3 is 0 Å². The van der Waals surface area contributed by atoms with Gasteiger partial charge in [0.1, 0.15) is 11.6 Å². The second kappa shape index (κ2) is 7.66. The van der Waals surface area contributed by atoms with Gasteiger partial charge in [0.2, 0.25) is 5.91 Å². The molecule has 0 aliphatic carbocycles. The molecule has 1 aliphatic rings. The molecule has 3 rings (SSSR count). The molecule has 1 amide bonds. The van der Waals surface area contributed by atoms with Crippen LogP contribution in [0.1, 0.15) is 30.0 Å². The predicted molar refractivity (Wildman–Crippen MR) is 92.8 cm³/mol. The molecule has 25 heavy (non-hydrogen) atoms. The lowest BCUT2D eigenvalue weighted by atomic mass is 10.0. The summed E-state index contributed by atoms with van der Waals surface area (Å²) in [5, 5.41) is 9.99. The Morgan fingerprint density at radius 2 is 2.04 bits per heavy atom.